The molecule has 0 aromatic heterocycles. The SMILES string of the molecule is CN1CCN(c2ccc(-c3cccc(CN(CCCN)C(=O)C4CC4)c3)cc2NC(=O)CC(C)(C)C)CC1. The first kappa shape index (κ1) is 28.1. The van der Waals surface area contributed by atoms with Gasteiger partial charge in [0.15, 0.2) is 0 Å². The summed E-state index contributed by atoms with van der Waals surface area (Å²) in [7, 11) is 2.15. The Labute approximate surface area is 228 Å². The van der Waals surface area contributed by atoms with E-state index in [0.717, 1.165) is 73.5 Å². The molecular weight excluding hydrogens is 474 g/mol. The van der Waals surface area contributed by atoms with Gasteiger partial charge in [0.1, 0.15) is 0 Å². The van der Waals surface area contributed by atoms with Crippen molar-refractivity contribution < 1.29 is 9.59 Å². The quantitative estimate of drug-likeness (QED) is 0.481. The number of rotatable bonds is 10. The normalized spacial score (nSPS) is 16.4. The second-order valence-corrected chi connectivity index (χ2v) is 12.2. The largest absolute Gasteiger partial charge is 0.367 e. The molecule has 1 aliphatic heterocycles. The Morgan fingerprint density at radius 2 is 1.74 bits per heavy atom. The molecule has 7 nitrogen and oxygen atoms in total. The lowest BCUT2D eigenvalue weighted by Gasteiger charge is -2.35. The Morgan fingerprint density at radius 3 is 2.39 bits per heavy atom. The number of carbonyl (C=O) groups is 2. The lowest BCUT2D eigenvalue weighted by molar-refractivity contribution is -0.133. The molecule has 7 heteroatoms. The topological polar surface area (TPSA) is 81.9 Å². The molecule has 4 rings (SSSR count). The molecule has 1 saturated heterocycles. The monoisotopic (exact) mass is 519 g/mol. The third kappa shape index (κ3) is 7.81. The van der Waals surface area contributed by atoms with Crippen molar-refractivity contribution in [3.05, 3.63) is 48.0 Å². The summed E-state index contributed by atoms with van der Waals surface area (Å²) in [5.41, 5.74) is 10.8. The van der Waals surface area contributed by atoms with Gasteiger partial charge in [0.2, 0.25) is 11.8 Å². The first-order valence-electron chi connectivity index (χ1n) is 14.1. The van der Waals surface area contributed by atoms with Gasteiger partial charge in [-0.15, -0.1) is 0 Å². The van der Waals surface area contributed by atoms with Crippen molar-refractivity contribution in [3.8, 4) is 11.1 Å². The summed E-state index contributed by atoms with van der Waals surface area (Å²) in [5.74, 6) is 0.481. The first-order chi connectivity index (χ1) is 18.1. The zero-order chi connectivity index (χ0) is 27.3. The van der Waals surface area contributed by atoms with E-state index in [4.69, 9.17) is 5.73 Å². The van der Waals surface area contributed by atoms with Crippen LogP contribution in [-0.4, -0.2) is 67.9 Å². The van der Waals surface area contributed by atoms with Crippen LogP contribution in [0.15, 0.2) is 42.5 Å². The molecule has 1 saturated carbocycles. The van der Waals surface area contributed by atoms with Crippen LogP contribution in [0, 0.1) is 11.3 Å². The highest BCUT2D eigenvalue weighted by Gasteiger charge is 2.33. The summed E-state index contributed by atoms with van der Waals surface area (Å²) >= 11 is 0. The molecule has 2 aliphatic rings. The molecule has 2 fully saturated rings. The number of hydrogen-bond donors (Lipinski definition) is 2. The number of amides is 2. The van der Waals surface area contributed by atoms with Crippen molar-refractivity contribution in [3.63, 3.8) is 0 Å². The minimum atomic E-state index is -0.0856. The number of likely N-dealkylation sites (N-methyl/N-ethyl adjacent to an activating group) is 1. The second kappa shape index (κ2) is 12.3. The standard InChI is InChI=1S/C31H45N5O2/c1-31(2,3)21-29(37)33-27-20-26(11-12-28(27)35-17-15-34(4)16-18-35)25-8-5-7-23(19-25)22-36(14-6-13-32)30(38)24-9-10-24/h5,7-8,11-12,19-20,24H,6,9-10,13-18,21-22,32H2,1-4H3,(H,33,37). The van der Waals surface area contributed by atoms with Crippen LogP contribution in [0.25, 0.3) is 11.1 Å². The van der Waals surface area contributed by atoms with E-state index >= 15 is 0 Å². The third-order valence-corrected chi connectivity index (χ3v) is 7.31. The smallest absolute Gasteiger partial charge is 0.225 e. The molecular formula is C31H45N5O2. The number of carbonyl (C=O) groups excluding carboxylic acids is 2. The van der Waals surface area contributed by atoms with Crippen molar-refractivity contribution in [2.75, 3.05) is 56.5 Å². The summed E-state index contributed by atoms with van der Waals surface area (Å²) in [6.45, 7) is 12.0. The summed E-state index contributed by atoms with van der Waals surface area (Å²) < 4.78 is 0. The fourth-order valence-corrected chi connectivity index (χ4v) is 5.02. The van der Waals surface area contributed by atoms with E-state index in [-0.39, 0.29) is 23.1 Å². The molecule has 206 valence electrons. The van der Waals surface area contributed by atoms with E-state index in [1.807, 2.05) is 4.90 Å². The number of benzene rings is 2. The van der Waals surface area contributed by atoms with Crippen molar-refractivity contribution in [1.29, 1.82) is 0 Å². The molecule has 2 aromatic rings. The molecule has 0 unspecified atom stereocenters. The molecule has 38 heavy (non-hydrogen) atoms. The Morgan fingerprint density at radius 1 is 1.03 bits per heavy atom. The highest BCUT2D eigenvalue weighted by atomic mass is 16.2. The van der Waals surface area contributed by atoms with Crippen molar-refractivity contribution in [1.82, 2.24) is 9.80 Å². The van der Waals surface area contributed by atoms with Gasteiger partial charge in [0.05, 0.1) is 11.4 Å². The number of hydrogen-bond acceptors (Lipinski definition) is 5. The molecule has 3 N–H and O–H groups in total. The van der Waals surface area contributed by atoms with E-state index in [0.29, 0.717) is 26.1 Å². The Hall–Kier alpha value is -2.90. The van der Waals surface area contributed by atoms with Gasteiger partial charge in [0, 0.05) is 51.6 Å². The van der Waals surface area contributed by atoms with Crippen LogP contribution in [0.3, 0.4) is 0 Å². The van der Waals surface area contributed by atoms with Crippen LogP contribution in [0.1, 0.15) is 52.0 Å². The van der Waals surface area contributed by atoms with Crippen LogP contribution in [0.4, 0.5) is 11.4 Å². The predicted octanol–water partition coefficient (Wildman–Crippen LogP) is 4.57. The van der Waals surface area contributed by atoms with E-state index in [1.165, 1.54) is 0 Å². The van der Waals surface area contributed by atoms with Crippen LogP contribution in [-0.2, 0) is 16.1 Å². The van der Waals surface area contributed by atoms with Crippen LogP contribution in [0.2, 0.25) is 0 Å². The summed E-state index contributed by atoms with van der Waals surface area (Å²) in [5, 5.41) is 3.23. The predicted molar refractivity (Wildman–Crippen MR) is 156 cm³/mol. The second-order valence-electron chi connectivity index (χ2n) is 12.2. The lowest BCUT2D eigenvalue weighted by atomic mass is 9.92. The fraction of sp³-hybridized carbons (Fsp3) is 0.548. The zero-order valence-electron chi connectivity index (χ0n) is 23.6. The van der Waals surface area contributed by atoms with Crippen LogP contribution in [0.5, 0.6) is 0 Å². The van der Waals surface area contributed by atoms with Crippen LogP contribution >= 0.6 is 0 Å². The highest BCUT2D eigenvalue weighted by Crippen LogP contribution is 2.34. The molecule has 0 bridgehead atoms. The van der Waals surface area contributed by atoms with Gasteiger partial charge in [-0.1, -0.05) is 45.0 Å². The number of nitrogens with zero attached hydrogens (tertiary/aromatic N) is 3. The van der Waals surface area contributed by atoms with E-state index in [2.05, 4.69) is 85.4 Å². The fourth-order valence-electron chi connectivity index (χ4n) is 5.02. The van der Waals surface area contributed by atoms with Crippen LogP contribution < -0.4 is 16.0 Å². The number of anilines is 2. The molecule has 1 heterocycles. The maximum atomic E-state index is 13.0. The van der Waals surface area contributed by atoms with E-state index < -0.39 is 0 Å². The average Bonchev–Trinajstić information content (AvgIpc) is 3.71. The molecule has 2 aromatic carbocycles. The first-order valence-corrected chi connectivity index (χ1v) is 14.1. The molecule has 0 atom stereocenters. The van der Waals surface area contributed by atoms with Gasteiger partial charge in [0.25, 0.3) is 0 Å². The van der Waals surface area contributed by atoms with Gasteiger partial charge in [-0.05, 0) is 73.2 Å². The molecule has 0 spiro atoms. The lowest BCUT2D eigenvalue weighted by Crippen LogP contribution is -2.44. The van der Waals surface area contributed by atoms with Crippen molar-refractivity contribution >= 4 is 23.2 Å². The maximum Gasteiger partial charge on any atom is 0.225 e. The Balaban J connectivity index is 1.59. The maximum absolute atomic E-state index is 13.0. The van der Waals surface area contributed by atoms with Gasteiger partial charge in [-0.3, -0.25) is 9.59 Å². The minimum Gasteiger partial charge on any atom is -0.367 e. The van der Waals surface area contributed by atoms with Gasteiger partial charge in [-0.25, -0.2) is 0 Å². The van der Waals surface area contributed by atoms with Gasteiger partial charge in [-0.2, -0.15) is 0 Å². The van der Waals surface area contributed by atoms with Crippen molar-refractivity contribution in [2.45, 2.75) is 53.0 Å². The van der Waals surface area contributed by atoms with Crippen molar-refractivity contribution in [2.24, 2.45) is 17.1 Å². The Bertz CT molecular complexity index is 1110. The third-order valence-electron chi connectivity index (χ3n) is 7.31. The molecule has 1 aliphatic carbocycles. The highest BCUT2D eigenvalue weighted by molar-refractivity contribution is 5.96. The average molecular weight is 520 g/mol. The zero-order valence-corrected chi connectivity index (χ0v) is 23.6. The number of nitrogens with one attached hydrogen (secondary N) is 1. The Kier molecular flexibility index (Phi) is 9.11. The minimum absolute atomic E-state index is 0.0351. The van der Waals surface area contributed by atoms with E-state index in [1.54, 1.807) is 0 Å². The summed E-state index contributed by atoms with van der Waals surface area (Å²) in [6.07, 6.45) is 3.27. The van der Waals surface area contributed by atoms with E-state index in [9.17, 15) is 9.59 Å². The van der Waals surface area contributed by atoms with Gasteiger partial charge >= 0.3 is 0 Å². The summed E-state index contributed by atoms with van der Waals surface area (Å²) in [4.78, 5) is 32.5. The molecule has 2 amide bonds. The number of piperazine rings is 1. The molecule has 0 radical (unpaired) electrons. The number of nitrogens with two attached hydrogens (primary N) is 1. The summed E-state index contributed by atoms with van der Waals surface area (Å²) in [6, 6.07) is 14.8. The van der Waals surface area contributed by atoms with Gasteiger partial charge < -0.3 is 25.8 Å².